The van der Waals surface area contributed by atoms with E-state index in [0.29, 0.717) is 6.61 Å². The fourth-order valence-electron chi connectivity index (χ4n) is 4.66. The summed E-state index contributed by atoms with van der Waals surface area (Å²) in [6.07, 6.45) is 7.34. The van der Waals surface area contributed by atoms with Crippen LogP contribution in [0.15, 0.2) is 0 Å². The van der Waals surface area contributed by atoms with Crippen LogP contribution in [0.1, 0.15) is 38.5 Å². The first-order valence-corrected chi connectivity index (χ1v) is 8.21. The Labute approximate surface area is 134 Å². The van der Waals surface area contributed by atoms with Gasteiger partial charge in [-0.05, 0) is 62.9 Å². The standard InChI is InChI=1S/C16H28N2O2.ClH/c1-20-11-16(4-6-17-7-5-16)15(19)18-10-14-9-12-2-3-13(14)8-12;/h12-14,17H,2-11H2,1H3,(H,18,19);1H. The van der Waals surface area contributed by atoms with E-state index in [1.165, 1.54) is 25.7 Å². The summed E-state index contributed by atoms with van der Waals surface area (Å²) in [7, 11) is 1.70. The number of piperidine rings is 1. The van der Waals surface area contributed by atoms with Gasteiger partial charge in [-0.15, -0.1) is 12.4 Å². The Balaban J connectivity index is 0.00000161. The van der Waals surface area contributed by atoms with Crippen LogP contribution in [0.25, 0.3) is 0 Å². The first-order valence-electron chi connectivity index (χ1n) is 8.21. The minimum atomic E-state index is -0.294. The van der Waals surface area contributed by atoms with Gasteiger partial charge in [0.1, 0.15) is 0 Å². The number of carbonyl (C=O) groups is 1. The van der Waals surface area contributed by atoms with Crippen molar-refractivity contribution in [1.29, 1.82) is 0 Å². The number of ether oxygens (including phenoxy) is 1. The lowest BCUT2D eigenvalue weighted by molar-refractivity contribution is -0.136. The van der Waals surface area contributed by atoms with Crippen LogP contribution in [0.4, 0.5) is 0 Å². The van der Waals surface area contributed by atoms with Crippen molar-refractivity contribution in [3.8, 4) is 0 Å². The molecule has 2 bridgehead atoms. The van der Waals surface area contributed by atoms with E-state index in [-0.39, 0.29) is 23.7 Å². The predicted molar refractivity (Wildman–Crippen MR) is 85.6 cm³/mol. The maximum atomic E-state index is 12.7. The third-order valence-electron chi connectivity index (χ3n) is 5.87. The number of amides is 1. The zero-order chi connectivity index (χ0) is 14.0. The van der Waals surface area contributed by atoms with Crippen molar-refractivity contribution in [2.45, 2.75) is 38.5 Å². The van der Waals surface area contributed by atoms with Gasteiger partial charge in [-0.3, -0.25) is 4.79 Å². The Kier molecular flexibility index (Phi) is 5.92. The van der Waals surface area contributed by atoms with Crippen LogP contribution in [0.2, 0.25) is 0 Å². The highest BCUT2D eigenvalue weighted by Crippen LogP contribution is 2.48. The van der Waals surface area contributed by atoms with Crippen molar-refractivity contribution in [2.24, 2.45) is 23.2 Å². The fourth-order valence-corrected chi connectivity index (χ4v) is 4.66. The van der Waals surface area contributed by atoms with E-state index in [1.54, 1.807) is 7.11 Å². The highest BCUT2D eigenvalue weighted by molar-refractivity contribution is 5.85. The highest BCUT2D eigenvalue weighted by Gasteiger charge is 2.42. The van der Waals surface area contributed by atoms with E-state index in [2.05, 4.69) is 10.6 Å². The SMILES string of the molecule is COCC1(C(=O)NCC2CC3CCC2C3)CCNCC1.Cl. The van der Waals surface area contributed by atoms with E-state index >= 15 is 0 Å². The maximum Gasteiger partial charge on any atom is 0.228 e. The number of methoxy groups -OCH3 is 1. The van der Waals surface area contributed by atoms with Crippen LogP contribution in [-0.4, -0.2) is 39.3 Å². The molecule has 1 aliphatic heterocycles. The molecule has 3 rings (SSSR count). The predicted octanol–water partition coefficient (Wildman–Crippen LogP) is 1.98. The highest BCUT2D eigenvalue weighted by atomic mass is 35.5. The number of hydrogen-bond donors (Lipinski definition) is 2. The summed E-state index contributed by atoms with van der Waals surface area (Å²) in [4.78, 5) is 12.7. The molecule has 3 atom stereocenters. The molecule has 0 aromatic rings. The van der Waals surface area contributed by atoms with E-state index in [4.69, 9.17) is 4.74 Å². The summed E-state index contributed by atoms with van der Waals surface area (Å²) in [6.45, 7) is 3.28. The van der Waals surface area contributed by atoms with Crippen LogP contribution in [-0.2, 0) is 9.53 Å². The molecule has 3 aliphatic rings. The summed E-state index contributed by atoms with van der Waals surface area (Å²) in [6, 6.07) is 0. The molecule has 0 spiro atoms. The second-order valence-corrected chi connectivity index (χ2v) is 7.11. The van der Waals surface area contributed by atoms with Gasteiger partial charge in [0.05, 0.1) is 12.0 Å². The fraction of sp³-hybridized carbons (Fsp3) is 0.938. The van der Waals surface area contributed by atoms with Crippen molar-refractivity contribution in [2.75, 3.05) is 33.4 Å². The average molecular weight is 317 g/mol. The molecule has 1 saturated heterocycles. The molecule has 1 amide bonds. The minimum Gasteiger partial charge on any atom is -0.384 e. The summed E-state index contributed by atoms with van der Waals surface area (Å²) in [5.74, 6) is 2.79. The van der Waals surface area contributed by atoms with Crippen LogP contribution in [0.3, 0.4) is 0 Å². The van der Waals surface area contributed by atoms with Crippen molar-refractivity contribution in [1.82, 2.24) is 10.6 Å². The molecule has 5 heteroatoms. The van der Waals surface area contributed by atoms with Gasteiger partial charge in [0, 0.05) is 13.7 Å². The summed E-state index contributed by atoms with van der Waals surface area (Å²) < 4.78 is 5.34. The molecule has 2 aliphatic carbocycles. The second kappa shape index (κ2) is 7.30. The monoisotopic (exact) mass is 316 g/mol. The summed E-state index contributed by atoms with van der Waals surface area (Å²) in [5.41, 5.74) is -0.294. The smallest absolute Gasteiger partial charge is 0.228 e. The number of hydrogen-bond acceptors (Lipinski definition) is 3. The molecule has 0 aromatic heterocycles. The molecule has 21 heavy (non-hydrogen) atoms. The van der Waals surface area contributed by atoms with Crippen molar-refractivity contribution in [3.05, 3.63) is 0 Å². The Bertz CT molecular complexity index is 353. The summed E-state index contributed by atoms with van der Waals surface area (Å²) in [5, 5.41) is 6.59. The second-order valence-electron chi connectivity index (χ2n) is 7.11. The zero-order valence-corrected chi connectivity index (χ0v) is 13.8. The van der Waals surface area contributed by atoms with Gasteiger partial charge in [-0.2, -0.15) is 0 Å². The van der Waals surface area contributed by atoms with Crippen molar-refractivity contribution >= 4 is 18.3 Å². The van der Waals surface area contributed by atoms with Gasteiger partial charge in [-0.25, -0.2) is 0 Å². The number of rotatable bonds is 5. The molecule has 1 heterocycles. The van der Waals surface area contributed by atoms with Gasteiger partial charge in [0.25, 0.3) is 0 Å². The molecule has 4 nitrogen and oxygen atoms in total. The van der Waals surface area contributed by atoms with Gasteiger partial charge in [0.15, 0.2) is 0 Å². The van der Waals surface area contributed by atoms with E-state index < -0.39 is 0 Å². The molecular formula is C16H29ClN2O2. The molecule has 122 valence electrons. The van der Waals surface area contributed by atoms with Gasteiger partial charge in [0.2, 0.25) is 5.91 Å². The third kappa shape index (κ3) is 3.54. The van der Waals surface area contributed by atoms with E-state index in [0.717, 1.165) is 50.2 Å². The zero-order valence-electron chi connectivity index (χ0n) is 13.0. The Hall–Kier alpha value is -0.320. The normalized spacial score (nSPS) is 33.5. The van der Waals surface area contributed by atoms with E-state index in [1.807, 2.05) is 0 Å². The maximum absolute atomic E-state index is 12.7. The molecule has 0 aromatic carbocycles. The lowest BCUT2D eigenvalue weighted by Gasteiger charge is -2.36. The van der Waals surface area contributed by atoms with Crippen LogP contribution >= 0.6 is 12.4 Å². The van der Waals surface area contributed by atoms with Crippen molar-refractivity contribution in [3.63, 3.8) is 0 Å². The van der Waals surface area contributed by atoms with Crippen LogP contribution in [0, 0.1) is 23.2 Å². The Morgan fingerprint density at radius 3 is 2.62 bits per heavy atom. The lowest BCUT2D eigenvalue weighted by Crippen LogP contribution is -2.51. The van der Waals surface area contributed by atoms with Gasteiger partial charge < -0.3 is 15.4 Å². The lowest BCUT2D eigenvalue weighted by atomic mass is 9.78. The van der Waals surface area contributed by atoms with E-state index in [9.17, 15) is 4.79 Å². The topological polar surface area (TPSA) is 50.4 Å². The Morgan fingerprint density at radius 1 is 1.29 bits per heavy atom. The number of fused-ring (bicyclic) bond motifs is 2. The van der Waals surface area contributed by atoms with Crippen molar-refractivity contribution < 1.29 is 9.53 Å². The minimum absolute atomic E-state index is 0. The van der Waals surface area contributed by atoms with Gasteiger partial charge >= 0.3 is 0 Å². The molecule has 0 radical (unpaired) electrons. The number of halogens is 1. The first kappa shape index (κ1) is 17.0. The molecule has 3 unspecified atom stereocenters. The van der Waals surface area contributed by atoms with Gasteiger partial charge in [-0.1, -0.05) is 6.42 Å². The molecule has 2 N–H and O–H groups in total. The van der Waals surface area contributed by atoms with Crippen LogP contribution in [0.5, 0.6) is 0 Å². The average Bonchev–Trinajstić information content (AvgIpc) is 3.08. The number of carbonyl (C=O) groups excluding carboxylic acids is 1. The first-order chi connectivity index (χ1) is 9.73. The largest absolute Gasteiger partial charge is 0.384 e. The molecular weight excluding hydrogens is 288 g/mol. The number of nitrogens with one attached hydrogen (secondary N) is 2. The third-order valence-corrected chi connectivity index (χ3v) is 5.87. The summed E-state index contributed by atoms with van der Waals surface area (Å²) >= 11 is 0. The quantitative estimate of drug-likeness (QED) is 0.815. The Morgan fingerprint density at radius 2 is 2.05 bits per heavy atom. The molecule has 3 fully saturated rings. The molecule has 2 saturated carbocycles. The van der Waals surface area contributed by atoms with Crippen LogP contribution < -0.4 is 10.6 Å².